The fourth-order valence-electron chi connectivity index (χ4n) is 1.01. The number of hydrogen-bond donors (Lipinski definition) is 0. The molecule has 16 heavy (non-hydrogen) atoms. The standard InChI is InChI=1S/C12H9NO3/c1-2-7-16-12(15)11(14)10-5-3-9(8-13)4-6-10/h2-6H,1,7H2. The molecule has 0 fully saturated rings. The van der Waals surface area contributed by atoms with Gasteiger partial charge in [0.1, 0.15) is 6.61 Å². The second kappa shape index (κ2) is 5.47. The van der Waals surface area contributed by atoms with Crippen LogP contribution < -0.4 is 0 Å². The summed E-state index contributed by atoms with van der Waals surface area (Å²) in [6.45, 7) is 3.36. The molecule has 0 N–H and O–H groups in total. The Morgan fingerprint density at radius 2 is 2.00 bits per heavy atom. The third-order valence-corrected chi connectivity index (χ3v) is 1.79. The van der Waals surface area contributed by atoms with Crippen LogP contribution in [0.5, 0.6) is 0 Å². The van der Waals surface area contributed by atoms with Crippen molar-refractivity contribution in [2.75, 3.05) is 6.61 Å². The Balaban J connectivity index is 2.77. The first-order valence-electron chi connectivity index (χ1n) is 4.51. The largest absolute Gasteiger partial charge is 0.455 e. The van der Waals surface area contributed by atoms with E-state index in [1.807, 2.05) is 6.07 Å². The number of carbonyl (C=O) groups is 2. The van der Waals surface area contributed by atoms with Crippen LogP contribution in [0, 0.1) is 11.3 Å². The number of carbonyl (C=O) groups excluding carboxylic acids is 2. The van der Waals surface area contributed by atoms with E-state index in [4.69, 9.17) is 5.26 Å². The van der Waals surface area contributed by atoms with Gasteiger partial charge in [0.2, 0.25) is 0 Å². The zero-order valence-electron chi connectivity index (χ0n) is 8.47. The molecule has 0 aliphatic rings. The van der Waals surface area contributed by atoms with E-state index in [9.17, 15) is 9.59 Å². The lowest BCUT2D eigenvalue weighted by Crippen LogP contribution is -2.17. The molecule has 0 heterocycles. The molecule has 0 radical (unpaired) electrons. The van der Waals surface area contributed by atoms with Crippen molar-refractivity contribution in [1.29, 1.82) is 5.26 Å². The molecule has 4 nitrogen and oxygen atoms in total. The van der Waals surface area contributed by atoms with Crippen molar-refractivity contribution in [2.24, 2.45) is 0 Å². The number of rotatable bonds is 4. The molecule has 0 unspecified atom stereocenters. The van der Waals surface area contributed by atoms with Crippen molar-refractivity contribution in [1.82, 2.24) is 0 Å². The van der Waals surface area contributed by atoms with Gasteiger partial charge in [0.25, 0.3) is 5.78 Å². The Labute approximate surface area is 92.8 Å². The summed E-state index contributed by atoms with van der Waals surface area (Å²) < 4.78 is 4.59. The van der Waals surface area contributed by atoms with Crippen LogP contribution in [-0.4, -0.2) is 18.4 Å². The highest BCUT2D eigenvalue weighted by Gasteiger charge is 2.16. The average molecular weight is 215 g/mol. The predicted octanol–water partition coefficient (Wildman–Crippen LogP) is 1.47. The van der Waals surface area contributed by atoms with E-state index < -0.39 is 11.8 Å². The van der Waals surface area contributed by atoms with E-state index in [2.05, 4.69) is 11.3 Å². The van der Waals surface area contributed by atoms with E-state index in [0.29, 0.717) is 5.56 Å². The number of esters is 1. The summed E-state index contributed by atoms with van der Waals surface area (Å²) >= 11 is 0. The first-order valence-corrected chi connectivity index (χ1v) is 4.51. The normalized spacial score (nSPS) is 8.94. The molecule has 0 saturated carbocycles. The first kappa shape index (κ1) is 11.7. The Morgan fingerprint density at radius 1 is 1.38 bits per heavy atom. The van der Waals surface area contributed by atoms with Crippen molar-refractivity contribution >= 4 is 11.8 Å². The van der Waals surface area contributed by atoms with Gasteiger partial charge in [0.05, 0.1) is 11.6 Å². The molecule has 0 aliphatic heterocycles. The summed E-state index contributed by atoms with van der Waals surface area (Å²) in [5.74, 6) is -1.66. The zero-order chi connectivity index (χ0) is 12.0. The number of Topliss-reactive ketones (excluding diaryl/α,β-unsaturated/α-hetero) is 1. The Bertz CT molecular complexity index is 454. The van der Waals surface area contributed by atoms with Gasteiger partial charge in [-0.3, -0.25) is 4.79 Å². The highest BCUT2D eigenvalue weighted by atomic mass is 16.5. The highest BCUT2D eigenvalue weighted by Crippen LogP contribution is 2.05. The molecule has 1 aromatic rings. The molecular weight excluding hydrogens is 206 g/mol. The number of ketones is 1. The lowest BCUT2D eigenvalue weighted by Gasteiger charge is -2.00. The summed E-state index contributed by atoms with van der Waals surface area (Å²) in [4.78, 5) is 22.6. The maximum atomic E-state index is 11.5. The van der Waals surface area contributed by atoms with Gasteiger partial charge in [0, 0.05) is 5.56 Å². The quantitative estimate of drug-likeness (QED) is 0.330. The zero-order valence-corrected chi connectivity index (χ0v) is 8.47. The van der Waals surface area contributed by atoms with Gasteiger partial charge in [-0.25, -0.2) is 4.79 Å². The molecule has 0 aromatic heterocycles. The van der Waals surface area contributed by atoms with E-state index in [0.717, 1.165) is 0 Å². The number of hydrogen-bond acceptors (Lipinski definition) is 4. The summed E-state index contributed by atoms with van der Waals surface area (Å²) in [6.07, 6.45) is 1.38. The second-order valence-corrected chi connectivity index (χ2v) is 2.91. The van der Waals surface area contributed by atoms with Crippen molar-refractivity contribution in [3.05, 3.63) is 48.0 Å². The molecule has 4 heteroatoms. The lowest BCUT2D eigenvalue weighted by atomic mass is 10.1. The molecule has 1 aromatic carbocycles. The number of benzene rings is 1. The minimum absolute atomic E-state index is 0.000846. The van der Waals surface area contributed by atoms with Crippen LogP contribution in [0.4, 0.5) is 0 Å². The van der Waals surface area contributed by atoms with Crippen LogP contribution in [0.15, 0.2) is 36.9 Å². The smallest absolute Gasteiger partial charge is 0.379 e. The number of nitriles is 1. The Morgan fingerprint density at radius 3 is 2.50 bits per heavy atom. The first-order chi connectivity index (χ1) is 7.69. The summed E-state index contributed by atoms with van der Waals surface area (Å²) in [6, 6.07) is 7.67. The summed E-state index contributed by atoms with van der Waals surface area (Å²) in [5, 5.41) is 8.55. The van der Waals surface area contributed by atoms with E-state index in [1.165, 1.54) is 30.3 Å². The Hall–Kier alpha value is -2.41. The van der Waals surface area contributed by atoms with Crippen LogP contribution in [-0.2, 0) is 9.53 Å². The predicted molar refractivity (Wildman–Crippen MR) is 56.6 cm³/mol. The topological polar surface area (TPSA) is 67.2 Å². The summed E-state index contributed by atoms with van der Waals surface area (Å²) in [7, 11) is 0. The van der Waals surface area contributed by atoms with Crippen LogP contribution in [0.2, 0.25) is 0 Å². The molecule has 0 spiro atoms. The maximum absolute atomic E-state index is 11.5. The molecule has 0 atom stereocenters. The molecule has 0 saturated heterocycles. The number of ether oxygens (including phenoxy) is 1. The van der Waals surface area contributed by atoms with E-state index >= 15 is 0 Å². The van der Waals surface area contributed by atoms with Crippen LogP contribution >= 0.6 is 0 Å². The average Bonchev–Trinajstić information content (AvgIpc) is 2.35. The Kier molecular flexibility index (Phi) is 3.98. The van der Waals surface area contributed by atoms with Gasteiger partial charge in [-0.15, -0.1) is 0 Å². The third kappa shape index (κ3) is 2.79. The van der Waals surface area contributed by atoms with E-state index in [-0.39, 0.29) is 12.2 Å². The van der Waals surface area contributed by atoms with Crippen molar-refractivity contribution in [2.45, 2.75) is 0 Å². The van der Waals surface area contributed by atoms with Crippen LogP contribution in [0.25, 0.3) is 0 Å². The SMILES string of the molecule is C=CCOC(=O)C(=O)c1ccc(C#N)cc1. The van der Waals surface area contributed by atoms with Crippen LogP contribution in [0.1, 0.15) is 15.9 Å². The van der Waals surface area contributed by atoms with Crippen LogP contribution in [0.3, 0.4) is 0 Å². The fraction of sp³-hybridized carbons (Fsp3) is 0.0833. The molecule has 0 bridgehead atoms. The van der Waals surface area contributed by atoms with Crippen molar-refractivity contribution < 1.29 is 14.3 Å². The van der Waals surface area contributed by atoms with Gasteiger partial charge in [0.15, 0.2) is 0 Å². The van der Waals surface area contributed by atoms with Crippen molar-refractivity contribution in [3.63, 3.8) is 0 Å². The molecule has 0 aliphatic carbocycles. The lowest BCUT2D eigenvalue weighted by molar-refractivity contribution is -0.136. The highest BCUT2D eigenvalue weighted by molar-refractivity contribution is 6.40. The third-order valence-electron chi connectivity index (χ3n) is 1.79. The second-order valence-electron chi connectivity index (χ2n) is 2.91. The minimum Gasteiger partial charge on any atom is -0.455 e. The molecule has 1 rings (SSSR count). The van der Waals surface area contributed by atoms with Gasteiger partial charge in [-0.05, 0) is 24.3 Å². The van der Waals surface area contributed by atoms with Gasteiger partial charge in [-0.2, -0.15) is 5.26 Å². The fourth-order valence-corrected chi connectivity index (χ4v) is 1.01. The maximum Gasteiger partial charge on any atom is 0.379 e. The van der Waals surface area contributed by atoms with Gasteiger partial charge in [-0.1, -0.05) is 12.7 Å². The molecule has 0 amide bonds. The minimum atomic E-state index is -0.926. The summed E-state index contributed by atoms with van der Waals surface area (Å²) in [5.41, 5.74) is 0.629. The molecular formula is C12H9NO3. The van der Waals surface area contributed by atoms with E-state index in [1.54, 1.807) is 0 Å². The van der Waals surface area contributed by atoms with Gasteiger partial charge < -0.3 is 4.74 Å². The molecule has 80 valence electrons. The monoisotopic (exact) mass is 215 g/mol. The van der Waals surface area contributed by atoms with Gasteiger partial charge >= 0.3 is 5.97 Å². The number of nitrogens with zero attached hydrogens (tertiary/aromatic N) is 1. The van der Waals surface area contributed by atoms with Crippen molar-refractivity contribution in [3.8, 4) is 6.07 Å².